The van der Waals surface area contributed by atoms with E-state index in [1.807, 2.05) is 49.5 Å². The predicted molar refractivity (Wildman–Crippen MR) is 152 cm³/mol. The van der Waals surface area contributed by atoms with Crippen LogP contribution in [0.5, 0.6) is 0 Å². The van der Waals surface area contributed by atoms with E-state index in [0.717, 1.165) is 51.3 Å². The maximum Gasteiger partial charge on any atom is 0.204 e. The summed E-state index contributed by atoms with van der Waals surface area (Å²) in [6, 6.07) is 22.0. The molecule has 0 fully saturated rings. The van der Waals surface area contributed by atoms with Crippen LogP contribution in [-0.2, 0) is 27.6 Å². The number of hydrogen-bond acceptors (Lipinski definition) is 3. The fraction of sp³-hybridized carbons (Fsp3) is 0.250. The molecule has 3 aromatic carbocycles. The second kappa shape index (κ2) is 12.2. The number of fused-ring (bicyclic) bond motifs is 1. The Morgan fingerprint density at radius 1 is 1.06 bits per heavy atom. The molecule has 1 unspecified atom stereocenters. The Kier molecular flexibility index (Phi) is 9.31. The summed E-state index contributed by atoms with van der Waals surface area (Å²) in [5.41, 5.74) is 10.6. The van der Waals surface area contributed by atoms with Crippen molar-refractivity contribution in [2.75, 3.05) is 18.3 Å². The molecule has 0 spiro atoms. The van der Waals surface area contributed by atoms with E-state index >= 15 is 0 Å². The smallest absolute Gasteiger partial charge is 0.204 e. The molecule has 190 valence electrons. The van der Waals surface area contributed by atoms with E-state index in [0.29, 0.717) is 5.02 Å². The van der Waals surface area contributed by atoms with Gasteiger partial charge in [0.2, 0.25) is 6.41 Å². The van der Waals surface area contributed by atoms with Gasteiger partial charge in [-0.2, -0.15) is 0 Å². The van der Waals surface area contributed by atoms with Crippen molar-refractivity contribution in [3.05, 3.63) is 83.0 Å². The normalized spacial score (nSPS) is 12.0. The number of anilines is 1. The maximum atomic E-state index is 13.0. The zero-order valence-electron chi connectivity index (χ0n) is 21.0. The second-order valence-electron chi connectivity index (χ2n) is 9.38. The topological polar surface area (TPSA) is 100 Å². The minimum absolute atomic E-state index is 0.0640. The number of nitrogens with one attached hydrogen (secondary N) is 3. The number of halogens is 1. The molecule has 1 amide bonds. The number of carbonyl (C=O) groups is 1. The van der Waals surface area contributed by atoms with Crippen LogP contribution >= 0.6 is 11.6 Å². The minimum Gasteiger partial charge on any atom is -0.372 e. The third-order valence-corrected chi connectivity index (χ3v) is 7.12. The van der Waals surface area contributed by atoms with E-state index in [2.05, 4.69) is 65.8 Å². The average Bonchev–Trinajstić information content (AvgIpc) is 3.20. The zero-order valence-corrected chi connectivity index (χ0v) is 22.6. The summed E-state index contributed by atoms with van der Waals surface area (Å²) in [5.74, 6) is 0. The molecule has 1 aromatic heterocycles. The number of benzene rings is 3. The van der Waals surface area contributed by atoms with Gasteiger partial charge >= 0.3 is 0 Å². The van der Waals surface area contributed by atoms with Crippen molar-refractivity contribution in [2.24, 2.45) is 5.73 Å². The zero-order chi connectivity index (χ0) is 26.3. The molecule has 5 N–H and O–H groups in total. The first-order valence-corrected chi connectivity index (χ1v) is 13.2. The molecule has 1 atom stereocenters. The molecule has 0 aliphatic heterocycles. The summed E-state index contributed by atoms with van der Waals surface area (Å²) in [6.07, 6.45) is 1.11. The highest BCUT2D eigenvalue weighted by Crippen LogP contribution is 2.35. The van der Waals surface area contributed by atoms with Crippen molar-refractivity contribution in [3.63, 3.8) is 0 Å². The number of nitrogens with two attached hydrogens (primary N) is 1. The summed E-state index contributed by atoms with van der Waals surface area (Å²) in [5, 5.41) is 5.00. The van der Waals surface area contributed by atoms with Crippen LogP contribution in [0.2, 0.25) is 5.02 Å². The van der Waals surface area contributed by atoms with E-state index in [1.165, 1.54) is 5.56 Å². The van der Waals surface area contributed by atoms with Crippen LogP contribution < -0.4 is 15.8 Å². The molecule has 0 aliphatic carbocycles. The Labute approximate surface area is 220 Å². The molecule has 0 saturated heterocycles. The van der Waals surface area contributed by atoms with Crippen LogP contribution in [0.4, 0.5) is 5.69 Å². The molecule has 36 heavy (non-hydrogen) atoms. The fourth-order valence-corrected chi connectivity index (χ4v) is 5.00. The van der Waals surface area contributed by atoms with E-state index in [9.17, 15) is 4.21 Å². The first-order chi connectivity index (χ1) is 17.2. The van der Waals surface area contributed by atoms with Gasteiger partial charge in [0.25, 0.3) is 0 Å². The number of primary amides is 1. The Bertz CT molecular complexity index is 1340. The van der Waals surface area contributed by atoms with Crippen LogP contribution in [0.3, 0.4) is 0 Å². The minimum atomic E-state index is -1.36. The van der Waals surface area contributed by atoms with Gasteiger partial charge in [-0.05, 0) is 66.1 Å². The molecule has 6 nitrogen and oxygen atoms in total. The molecule has 8 heteroatoms. The van der Waals surface area contributed by atoms with Gasteiger partial charge in [-0.1, -0.05) is 56.6 Å². The van der Waals surface area contributed by atoms with Crippen LogP contribution in [0, 0.1) is 0 Å². The summed E-state index contributed by atoms with van der Waals surface area (Å²) in [7, 11) is 0.595. The van der Waals surface area contributed by atoms with E-state index < -0.39 is 11.0 Å². The van der Waals surface area contributed by atoms with Gasteiger partial charge < -0.3 is 20.8 Å². The van der Waals surface area contributed by atoms with Gasteiger partial charge in [0.05, 0.1) is 4.90 Å². The summed E-state index contributed by atoms with van der Waals surface area (Å²) in [4.78, 5) is 12.9. The van der Waals surface area contributed by atoms with Crippen LogP contribution in [-0.4, -0.2) is 29.2 Å². The number of carbonyl (C=O) groups excluding carboxylic acids is 1. The molecular formula is C28H33ClN4O2S. The lowest BCUT2D eigenvalue weighted by atomic mass is 9.87. The summed E-state index contributed by atoms with van der Waals surface area (Å²) >= 11 is 6.30. The van der Waals surface area contributed by atoms with Gasteiger partial charge in [0, 0.05) is 45.8 Å². The molecule has 4 aromatic rings. The number of aromatic nitrogens is 1. The Morgan fingerprint density at radius 3 is 2.36 bits per heavy atom. The monoisotopic (exact) mass is 524 g/mol. The highest BCUT2D eigenvalue weighted by Gasteiger charge is 2.16. The van der Waals surface area contributed by atoms with Gasteiger partial charge in [-0.15, -0.1) is 0 Å². The van der Waals surface area contributed by atoms with E-state index in [-0.39, 0.29) is 11.8 Å². The molecule has 0 aliphatic rings. The third-order valence-electron chi connectivity index (χ3n) is 5.76. The van der Waals surface area contributed by atoms with Gasteiger partial charge in [-0.3, -0.25) is 4.79 Å². The van der Waals surface area contributed by atoms with Crippen molar-refractivity contribution >= 4 is 45.6 Å². The number of likely N-dealkylation sites (N-methyl/N-ethyl adjacent to an activating group) is 1. The molecule has 0 radical (unpaired) electrons. The first-order valence-electron chi connectivity index (χ1n) is 11.7. The van der Waals surface area contributed by atoms with Gasteiger partial charge in [0.15, 0.2) is 0 Å². The highest BCUT2D eigenvalue weighted by molar-refractivity contribution is 7.86. The Hall–Kier alpha value is -3.13. The fourth-order valence-electron chi connectivity index (χ4n) is 3.97. The molecule has 0 bridgehead atoms. The summed E-state index contributed by atoms with van der Waals surface area (Å²) in [6.45, 7) is 7.38. The Morgan fingerprint density at radius 2 is 1.75 bits per heavy atom. The Balaban J connectivity index is 0.00000115. The van der Waals surface area contributed by atoms with E-state index in [4.69, 9.17) is 16.4 Å². The van der Waals surface area contributed by atoms with Crippen molar-refractivity contribution < 1.29 is 9.00 Å². The van der Waals surface area contributed by atoms with Crippen molar-refractivity contribution in [1.29, 1.82) is 0 Å². The third kappa shape index (κ3) is 6.75. The lowest BCUT2D eigenvalue weighted by Gasteiger charge is -2.19. The predicted octanol–water partition coefficient (Wildman–Crippen LogP) is 5.78. The van der Waals surface area contributed by atoms with Gasteiger partial charge in [0.1, 0.15) is 11.0 Å². The number of hydrogen-bond donors (Lipinski definition) is 4. The van der Waals surface area contributed by atoms with Gasteiger partial charge in [-0.25, -0.2) is 4.21 Å². The standard InChI is InChI=1S/C27H30ClN3OS.CH3NO/c1-27(2,3)19-8-11-22(12-9-19)33(32)31-21-10-13-24-23(17-21)26(25(30-24)14-15-29-4)18-6-5-7-20(28)16-18;2-1-3/h5-13,16-17,29-31H,14-15H2,1-4H3;1H,(H2,2,3). The number of aromatic amines is 1. The van der Waals surface area contributed by atoms with Crippen LogP contribution in [0.1, 0.15) is 32.0 Å². The first kappa shape index (κ1) is 27.5. The average molecular weight is 525 g/mol. The second-order valence-corrected chi connectivity index (χ2v) is 11.0. The van der Waals surface area contributed by atoms with Crippen LogP contribution in [0.25, 0.3) is 22.0 Å². The number of H-pyrrole nitrogens is 1. The molecule has 1 heterocycles. The highest BCUT2D eigenvalue weighted by atomic mass is 35.5. The summed E-state index contributed by atoms with van der Waals surface area (Å²) < 4.78 is 16.2. The molecule has 4 rings (SSSR count). The van der Waals surface area contributed by atoms with Crippen molar-refractivity contribution in [1.82, 2.24) is 10.3 Å². The van der Waals surface area contributed by atoms with Crippen molar-refractivity contribution in [2.45, 2.75) is 37.5 Å². The lowest BCUT2D eigenvalue weighted by Crippen LogP contribution is -2.11. The quantitative estimate of drug-likeness (QED) is 0.230. The lowest BCUT2D eigenvalue weighted by molar-refractivity contribution is -0.106. The number of amides is 1. The largest absolute Gasteiger partial charge is 0.372 e. The van der Waals surface area contributed by atoms with Crippen LogP contribution in [0.15, 0.2) is 71.6 Å². The van der Waals surface area contributed by atoms with Crippen molar-refractivity contribution in [3.8, 4) is 11.1 Å². The number of rotatable bonds is 7. The van der Waals surface area contributed by atoms with E-state index in [1.54, 1.807) is 0 Å². The molecule has 0 saturated carbocycles. The molecular weight excluding hydrogens is 492 g/mol. The maximum absolute atomic E-state index is 13.0. The SMILES string of the molecule is CNCCc1[nH]c2ccc(NS(=O)c3ccc(C(C)(C)C)cc3)cc2c1-c1cccc(Cl)c1.NC=O.